The summed E-state index contributed by atoms with van der Waals surface area (Å²) < 4.78 is 0. The average Bonchev–Trinajstić information content (AvgIpc) is 3.03. The molecule has 6 heteroatoms. The van der Waals surface area contributed by atoms with E-state index >= 15 is 0 Å². The van der Waals surface area contributed by atoms with Crippen molar-refractivity contribution >= 4 is 23.1 Å². The van der Waals surface area contributed by atoms with Crippen LogP contribution < -0.4 is 10.2 Å². The number of carbonyl (C=O) groups excluding carboxylic acids is 1. The van der Waals surface area contributed by atoms with Crippen molar-refractivity contribution < 1.29 is 4.79 Å². The zero-order chi connectivity index (χ0) is 17.6. The first-order valence-corrected chi connectivity index (χ1v) is 9.81. The molecule has 1 aliphatic rings. The maximum atomic E-state index is 12.7. The lowest BCUT2D eigenvalue weighted by molar-refractivity contribution is 0.197. The van der Waals surface area contributed by atoms with Crippen molar-refractivity contribution in [2.24, 2.45) is 0 Å². The molecule has 2 amide bonds. The zero-order valence-corrected chi connectivity index (χ0v) is 15.8. The Labute approximate surface area is 153 Å². The van der Waals surface area contributed by atoms with Gasteiger partial charge in [-0.3, -0.25) is 4.98 Å². The fourth-order valence-corrected chi connectivity index (χ4v) is 4.07. The molecule has 0 spiro atoms. The van der Waals surface area contributed by atoms with E-state index in [1.807, 2.05) is 30.2 Å². The first kappa shape index (κ1) is 17.7. The lowest BCUT2D eigenvalue weighted by Gasteiger charge is -2.25. The summed E-state index contributed by atoms with van der Waals surface area (Å²) in [5.74, 6) is 0. The van der Waals surface area contributed by atoms with Crippen molar-refractivity contribution in [3.63, 3.8) is 0 Å². The Balaban J connectivity index is 1.59. The molecule has 3 rings (SSSR count). The van der Waals surface area contributed by atoms with E-state index in [4.69, 9.17) is 0 Å². The quantitative estimate of drug-likeness (QED) is 0.904. The second-order valence-corrected chi connectivity index (χ2v) is 7.39. The number of amides is 2. The SMILES string of the molecule is CC[C@H](NC(=O)N1CCCN(c2ccnc(C)c2)CC1)c1cccs1. The zero-order valence-electron chi connectivity index (χ0n) is 14.9. The summed E-state index contributed by atoms with van der Waals surface area (Å²) in [5.41, 5.74) is 2.22. The van der Waals surface area contributed by atoms with Gasteiger partial charge < -0.3 is 15.1 Å². The minimum absolute atomic E-state index is 0.0491. The second kappa shape index (κ2) is 8.34. The van der Waals surface area contributed by atoms with Crippen molar-refractivity contribution in [2.75, 3.05) is 31.1 Å². The minimum atomic E-state index is 0.0491. The van der Waals surface area contributed by atoms with E-state index in [2.05, 4.69) is 39.6 Å². The molecular formula is C19H26N4OS. The van der Waals surface area contributed by atoms with Crippen LogP contribution >= 0.6 is 11.3 Å². The van der Waals surface area contributed by atoms with Crippen molar-refractivity contribution in [3.05, 3.63) is 46.4 Å². The largest absolute Gasteiger partial charge is 0.370 e. The van der Waals surface area contributed by atoms with Gasteiger partial charge in [0.1, 0.15) is 0 Å². The highest BCUT2D eigenvalue weighted by Gasteiger charge is 2.22. The third-order valence-electron chi connectivity index (χ3n) is 4.62. The van der Waals surface area contributed by atoms with Gasteiger partial charge in [0, 0.05) is 48.6 Å². The molecule has 0 saturated carbocycles. The molecule has 3 heterocycles. The molecule has 5 nitrogen and oxygen atoms in total. The number of aromatic nitrogens is 1. The fourth-order valence-electron chi connectivity index (χ4n) is 3.21. The molecule has 0 radical (unpaired) electrons. The van der Waals surface area contributed by atoms with E-state index < -0.39 is 0 Å². The molecule has 1 aliphatic heterocycles. The Morgan fingerprint density at radius 1 is 1.32 bits per heavy atom. The second-order valence-electron chi connectivity index (χ2n) is 6.41. The molecule has 1 atom stereocenters. The summed E-state index contributed by atoms with van der Waals surface area (Å²) in [7, 11) is 0. The number of nitrogens with zero attached hydrogens (tertiary/aromatic N) is 3. The number of thiophene rings is 1. The molecule has 2 aromatic heterocycles. The molecule has 0 aliphatic carbocycles. The molecule has 2 aromatic rings. The summed E-state index contributed by atoms with van der Waals surface area (Å²) in [6, 6.07) is 8.44. The van der Waals surface area contributed by atoms with Crippen LogP contribution in [0.15, 0.2) is 35.8 Å². The number of carbonyl (C=O) groups is 1. The summed E-state index contributed by atoms with van der Waals surface area (Å²) in [5, 5.41) is 5.26. The fraction of sp³-hybridized carbons (Fsp3) is 0.474. The smallest absolute Gasteiger partial charge is 0.317 e. The Morgan fingerprint density at radius 3 is 2.92 bits per heavy atom. The normalized spacial score (nSPS) is 16.4. The van der Waals surface area contributed by atoms with Crippen molar-refractivity contribution in [2.45, 2.75) is 32.7 Å². The van der Waals surface area contributed by atoms with E-state index in [0.717, 1.165) is 44.7 Å². The monoisotopic (exact) mass is 358 g/mol. The number of aryl methyl sites for hydroxylation is 1. The van der Waals surface area contributed by atoms with Crippen LogP contribution in [0.4, 0.5) is 10.5 Å². The Hall–Kier alpha value is -2.08. The van der Waals surface area contributed by atoms with Crippen LogP contribution in [0.3, 0.4) is 0 Å². The number of hydrogen-bond donors (Lipinski definition) is 1. The maximum absolute atomic E-state index is 12.7. The highest BCUT2D eigenvalue weighted by molar-refractivity contribution is 7.10. The van der Waals surface area contributed by atoms with Gasteiger partial charge in [-0.15, -0.1) is 11.3 Å². The molecule has 0 bridgehead atoms. The van der Waals surface area contributed by atoms with Gasteiger partial charge in [-0.25, -0.2) is 4.79 Å². The number of nitrogens with one attached hydrogen (secondary N) is 1. The number of rotatable bonds is 4. The molecule has 1 N–H and O–H groups in total. The van der Waals surface area contributed by atoms with Crippen molar-refractivity contribution in [1.82, 2.24) is 15.2 Å². The molecule has 1 fully saturated rings. The summed E-state index contributed by atoms with van der Waals surface area (Å²) in [4.78, 5) is 22.5. The molecular weight excluding hydrogens is 332 g/mol. The van der Waals surface area contributed by atoms with Gasteiger partial charge in [-0.1, -0.05) is 13.0 Å². The number of pyridine rings is 1. The number of urea groups is 1. The van der Waals surface area contributed by atoms with Gasteiger partial charge in [-0.2, -0.15) is 0 Å². The average molecular weight is 359 g/mol. The maximum Gasteiger partial charge on any atom is 0.317 e. The van der Waals surface area contributed by atoms with Crippen molar-refractivity contribution in [3.8, 4) is 0 Å². The first-order chi connectivity index (χ1) is 12.2. The lowest BCUT2D eigenvalue weighted by atomic mass is 10.2. The van der Waals surface area contributed by atoms with Crippen LogP contribution in [0.25, 0.3) is 0 Å². The van der Waals surface area contributed by atoms with Crippen LogP contribution in [0, 0.1) is 6.92 Å². The highest BCUT2D eigenvalue weighted by Crippen LogP contribution is 2.22. The topological polar surface area (TPSA) is 48.5 Å². The van der Waals surface area contributed by atoms with Gasteiger partial charge in [0.25, 0.3) is 0 Å². The van der Waals surface area contributed by atoms with Crippen LogP contribution in [0.1, 0.15) is 36.4 Å². The molecule has 25 heavy (non-hydrogen) atoms. The van der Waals surface area contributed by atoms with Gasteiger partial charge >= 0.3 is 6.03 Å². The summed E-state index contributed by atoms with van der Waals surface area (Å²) in [6.07, 6.45) is 3.74. The Kier molecular flexibility index (Phi) is 5.91. The molecule has 0 unspecified atom stereocenters. The van der Waals surface area contributed by atoms with Crippen LogP contribution in [0.5, 0.6) is 0 Å². The van der Waals surface area contributed by atoms with Gasteiger partial charge in [0.2, 0.25) is 0 Å². The highest BCUT2D eigenvalue weighted by atomic mass is 32.1. The van der Waals surface area contributed by atoms with E-state index in [0.29, 0.717) is 0 Å². The van der Waals surface area contributed by atoms with Gasteiger partial charge in [0.15, 0.2) is 0 Å². The van der Waals surface area contributed by atoms with E-state index in [-0.39, 0.29) is 12.1 Å². The first-order valence-electron chi connectivity index (χ1n) is 8.94. The number of anilines is 1. The lowest BCUT2D eigenvalue weighted by Crippen LogP contribution is -2.43. The third kappa shape index (κ3) is 4.51. The van der Waals surface area contributed by atoms with Gasteiger partial charge in [0.05, 0.1) is 6.04 Å². The minimum Gasteiger partial charge on any atom is -0.370 e. The third-order valence-corrected chi connectivity index (χ3v) is 5.61. The van der Waals surface area contributed by atoms with Crippen molar-refractivity contribution in [1.29, 1.82) is 0 Å². The molecule has 134 valence electrons. The predicted octanol–water partition coefficient (Wildman–Crippen LogP) is 3.82. The van der Waals surface area contributed by atoms with Crippen LogP contribution in [-0.4, -0.2) is 42.1 Å². The van der Waals surface area contributed by atoms with Crippen LogP contribution in [0.2, 0.25) is 0 Å². The van der Waals surface area contributed by atoms with Crippen LogP contribution in [-0.2, 0) is 0 Å². The van der Waals surface area contributed by atoms with E-state index in [1.165, 1.54) is 10.6 Å². The molecule has 1 saturated heterocycles. The molecule has 0 aromatic carbocycles. The van der Waals surface area contributed by atoms with E-state index in [9.17, 15) is 4.79 Å². The Bertz CT molecular complexity index is 688. The Morgan fingerprint density at radius 2 is 2.20 bits per heavy atom. The van der Waals surface area contributed by atoms with E-state index in [1.54, 1.807) is 11.3 Å². The standard InChI is InChI=1S/C19H26N4OS/c1-3-17(18-6-4-13-25-18)21-19(24)23-10-5-9-22(11-12-23)16-7-8-20-15(2)14-16/h4,6-8,13-14,17H,3,5,9-12H2,1-2H3,(H,21,24)/t17-/m0/s1. The summed E-state index contributed by atoms with van der Waals surface area (Å²) in [6.45, 7) is 7.49. The van der Waals surface area contributed by atoms with Gasteiger partial charge in [-0.05, 0) is 43.3 Å². The summed E-state index contributed by atoms with van der Waals surface area (Å²) >= 11 is 1.70. The number of hydrogen-bond acceptors (Lipinski definition) is 4. The predicted molar refractivity (Wildman–Crippen MR) is 103 cm³/mol.